The molecule has 0 aliphatic carbocycles. The number of unbranched alkanes of at least 4 members (excludes halogenated alkanes) is 1. The molecular weight excluding hydrogens is 381 g/mol. The molecule has 3 rings (SSSR count). The molecule has 0 N–H and O–H groups in total. The molecule has 0 fully saturated rings. The Hall–Kier alpha value is -3.21. The van der Waals surface area contributed by atoms with Gasteiger partial charge in [-0.1, -0.05) is 37.6 Å². The van der Waals surface area contributed by atoms with E-state index in [-0.39, 0.29) is 18.0 Å². The molecule has 0 amide bonds. The highest BCUT2D eigenvalue weighted by molar-refractivity contribution is 6.00. The maximum Gasteiger partial charge on any atom is 0.145 e. The Bertz CT molecular complexity index is 1060. The van der Waals surface area contributed by atoms with Crippen LogP contribution in [0.25, 0.3) is 23.1 Å². The van der Waals surface area contributed by atoms with Crippen molar-refractivity contribution in [2.75, 3.05) is 14.2 Å². The molecule has 4 nitrogen and oxygen atoms in total. The second kappa shape index (κ2) is 10.0. The number of pyridine rings is 1. The van der Waals surface area contributed by atoms with Gasteiger partial charge in [-0.3, -0.25) is 9.78 Å². The van der Waals surface area contributed by atoms with Crippen LogP contribution in [0, 0.1) is 5.82 Å². The number of carbonyl (C=O) groups excluding carboxylic acids is 1. The first-order chi connectivity index (χ1) is 14.6. The van der Waals surface area contributed by atoms with E-state index in [1.807, 2.05) is 24.3 Å². The smallest absolute Gasteiger partial charge is 0.145 e. The quantitative estimate of drug-likeness (QED) is 0.445. The number of benzene rings is 2. The average Bonchev–Trinajstić information content (AvgIpc) is 2.76. The monoisotopic (exact) mass is 407 g/mol. The van der Waals surface area contributed by atoms with Gasteiger partial charge in [0, 0.05) is 24.6 Å². The van der Waals surface area contributed by atoms with Crippen molar-refractivity contribution >= 4 is 28.8 Å². The molecule has 5 heteroatoms. The van der Waals surface area contributed by atoms with Gasteiger partial charge in [0.2, 0.25) is 0 Å². The van der Waals surface area contributed by atoms with Gasteiger partial charge >= 0.3 is 0 Å². The second-order valence-electron chi connectivity index (χ2n) is 7.10. The zero-order valence-electron chi connectivity index (χ0n) is 17.6. The molecule has 1 heterocycles. The minimum atomic E-state index is -0.273. The van der Waals surface area contributed by atoms with Gasteiger partial charge in [0.05, 0.1) is 19.6 Å². The summed E-state index contributed by atoms with van der Waals surface area (Å²) in [4.78, 5) is 16.9. The van der Waals surface area contributed by atoms with Crippen LogP contribution < -0.4 is 9.47 Å². The summed E-state index contributed by atoms with van der Waals surface area (Å²) in [5, 5.41) is 0.788. The maximum absolute atomic E-state index is 13.2. The number of Topliss-reactive ketones (excluding diaryl/α,β-unsaturated/α-hetero) is 1. The van der Waals surface area contributed by atoms with Gasteiger partial charge < -0.3 is 9.47 Å². The highest BCUT2D eigenvalue weighted by Crippen LogP contribution is 2.38. The van der Waals surface area contributed by atoms with E-state index in [0.29, 0.717) is 23.4 Å². The number of hydrogen-bond acceptors (Lipinski definition) is 4. The van der Waals surface area contributed by atoms with Gasteiger partial charge in [-0.05, 0) is 41.8 Å². The number of ketones is 1. The van der Waals surface area contributed by atoms with E-state index >= 15 is 0 Å². The number of rotatable bonds is 9. The Morgan fingerprint density at radius 3 is 2.53 bits per heavy atom. The summed E-state index contributed by atoms with van der Waals surface area (Å²) >= 11 is 0. The molecule has 0 saturated carbocycles. The molecule has 0 saturated heterocycles. The van der Waals surface area contributed by atoms with Crippen LogP contribution in [0.3, 0.4) is 0 Å². The summed E-state index contributed by atoms with van der Waals surface area (Å²) in [5.41, 5.74) is 3.20. The number of carbonyl (C=O) groups is 1. The van der Waals surface area contributed by atoms with Crippen LogP contribution in [0.1, 0.15) is 42.9 Å². The van der Waals surface area contributed by atoms with Gasteiger partial charge in [-0.15, -0.1) is 0 Å². The molecule has 30 heavy (non-hydrogen) atoms. The molecule has 0 bridgehead atoms. The predicted octanol–water partition coefficient (Wildman–Crippen LogP) is 5.86. The van der Waals surface area contributed by atoms with E-state index in [0.717, 1.165) is 34.9 Å². The molecule has 0 radical (unpaired) electrons. The first kappa shape index (κ1) is 21.5. The third kappa shape index (κ3) is 4.85. The third-order valence-corrected chi connectivity index (χ3v) is 4.99. The van der Waals surface area contributed by atoms with E-state index < -0.39 is 0 Å². The van der Waals surface area contributed by atoms with Crippen LogP contribution in [0.15, 0.2) is 42.6 Å². The van der Waals surface area contributed by atoms with Crippen LogP contribution in [0.2, 0.25) is 0 Å². The summed E-state index contributed by atoms with van der Waals surface area (Å²) in [6, 6.07) is 10.00. The summed E-state index contributed by atoms with van der Waals surface area (Å²) in [5.74, 6) is 1.12. The lowest BCUT2D eigenvalue weighted by molar-refractivity contribution is -0.118. The molecule has 0 aliphatic rings. The summed E-state index contributed by atoms with van der Waals surface area (Å²) in [6.07, 6.45) is 8.23. The molecule has 0 spiro atoms. The number of hydrogen-bond donors (Lipinski definition) is 0. The Labute approximate surface area is 176 Å². The van der Waals surface area contributed by atoms with Gasteiger partial charge in [0.15, 0.2) is 0 Å². The lowest BCUT2D eigenvalue weighted by atomic mass is 9.98. The maximum atomic E-state index is 13.2. The fourth-order valence-corrected chi connectivity index (χ4v) is 3.45. The van der Waals surface area contributed by atoms with Crippen LogP contribution in [0.4, 0.5) is 4.39 Å². The molecule has 2 aromatic carbocycles. The first-order valence-corrected chi connectivity index (χ1v) is 10.0. The van der Waals surface area contributed by atoms with Crippen molar-refractivity contribution in [3.05, 3.63) is 65.1 Å². The molecule has 0 unspecified atom stereocenters. The average molecular weight is 407 g/mol. The lowest BCUT2D eigenvalue weighted by Gasteiger charge is -2.16. The summed E-state index contributed by atoms with van der Waals surface area (Å²) < 4.78 is 24.5. The summed E-state index contributed by atoms with van der Waals surface area (Å²) in [7, 11) is 3.19. The van der Waals surface area contributed by atoms with E-state index in [1.54, 1.807) is 32.5 Å². The predicted molar refractivity (Wildman–Crippen MR) is 118 cm³/mol. The van der Waals surface area contributed by atoms with Gasteiger partial charge in [0.25, 0.3) is 0 Å². The fourth-order valence-electron chi connectivity index (χ4n) is 3.45. The van der Waals surface area contributed by atoms with E-state index in [9.17, 15) is 9.18 Å². The van der Waals surface area contributed by atoms with Crippen molar-refractivity contribution in [1.29, 1.82) is 0 Å². The van der Waals surface area contributed by atoms with Crippen LogP contribution in [-0.4, -0.2) is 25.0 Å². The number of nitrogens with zero attached hydrogens (tertiary/aromatic N) is 1. The minimum absolute atomic E-state index is 0.170. The van der Waals surface area contributed by atoms with E-state index in [4.69, 9.17) is 9.47 Å². The lowest BCUT2D eigenvalue weighted by Crippen LogP contribution is -2.06. The third-order valence-electron chi connectivity index (χ3n) is 4.99. The number of halogens is 1. The molecule has 0 atom stereocenters. The number of ether oxygens (including phenoxy) is 2. The second-order valence-corrected chi connectivity index (χ2v) is 7.10. The zero-order valence-corrected chi connectivity index (χ0v) is 17.6. The van der Waals surface area contributed by atoms with Crippen LogP contribution in [0.5, 0.6) is 11.5 Å². The molecule has 156 valence electrons. The van der Waals surface area contributed by atoms with Crippen molar-refractivity contribution in [2.24, 2.45) is 0 Å². The SMILES string of the molecule is CCCCC(=O)Cc1cc(OC)c2nccc(/C=C/c3ccc(F)cc3)c2c1OC. The largest absolute Gasteiger partial charge is 0.496 e. The number of aromatic nitrogens is 1. The van der Waals surface area contributed by atoms with E-state index in [1.165, 1.54) is 12.1 Å². The highest BCUT2D eigenvalue weighted by Gasteiger charge is 2.18. The summed E-state index contributed by atoms with van der Waals surface area (Å²) in [6.45, 7) is 2.07. The zero-order chi connectivity index (χ0) is 21.5. The highest BCUT2D eigenvalue weighted by atomic mass is 19.1. The van der Waals surface area contributed by atoms with Crippen molar-refractivity contribution in [3.8, 4) is 11.5 Å². The first-order valence-electron chi connectivity index (χ1n) is 10.0. The number of methoxy groups -OCH3 is 2. The van der Waals surface area contributed by atoms with E-state index in [2.05, 4.69) is 11.9 Å². The van der Waals surface area contributed by atoms with Gasteiger partial charge in [-0.2, -0.15) is 0 Å². The topological polar surface area (TPSA) is 48.4 Å². The standard InChI is InChI=1S/C25H26FNO3/c1-4-5-6-21(28)15-19-16-22(29-2)24-23(25(19)30-3)18(13-14-27-24)10-7-17-8-11-20(26)12-9-17/h7-14,16H,4-6,15H2,1-3H3/b10-7+. The minimum Gasteiger partial charge on any atom is -0.496 e. The molecule has 0 aliphatic heterocycles. The van der Waals surface area contributed by atoms with Gasteiger partial charge in [0.1, 0.15) is 28.6 Å². The van der Waals surface area contributed by atoms with Crippen LogP contribution >= 0.6 is 0 Å². The van der Waals surface area contributed by atoms with Crippen LogP contribution in [-0.2, 0) is 11.2 Å². The Morgan fingerprint density at radius 2 is 1.87 bits per heavy atom. The normalized spacial score (nSPS) is 11.2. The van der Waals surface area contributed by atoms with Gasteiger partial charge in [-0.25, -0.2) is 4.39 Å². The molecular formula is C25H26FNO3. The Kier molecular flexibility index (Phi) is 7.17. The number of fused-ring (bicyclic) bond motifs is 1. The molecule has 1 aromatic heterocycles. The molecule has 3 aromatic rings. The Morgan fingerprint density at radius 1 is 1.10 bits per heavy atom. The van der Waals surface area contributed by atoms with Crippen molar-refractivity contribution < 1.29 is 18.7 Å². The fraction of sp³-hybridized carbons (Fsp3) is 0.280. The van der Waals surface area contributed by atoms with Crippen molar-refractivity contribution in [1.82, 2.24) is 4.98 Å². The Balaban J connectivity index is 2.10. The van der Waals surface area contributed by atoms with Crippen molar-refractivity contribution in [3.63, 3.8) is 0 Å². The van der Waals surface area contributed by atoms with Crippen molar-refractivity contribution in [2.45, 2.75) is 32.6 Å².